The minimum Gasteiger partial charge on any atom is -0.354 e. The molecule has 19 heavy (non-hydrogen) atoms. The molecule has 0 saturated carbocycles. The van der Waals surface area contributed by atoms with Gasteiger partial charge in [-0.25, -0.2) is 0 Å². The van der Waals surface area contributed by atoms with Crippen LogP contribution in [0.15, 0.2) is 0 Å². The average Bonchev–Trinajstić information content (AvgIpc) is 2.37. The molecule has 6 heteroatoms. The van der Waals surface area contributed by atoms with Gasteiger partial charge in [0.1, 0.15) is 0 Å². The molecule has 0 unspecified atom stereocenters. The van der Waals surface area contributed by atoms with Crippen LogP contribution in [0.25, 0.3) is 0 Å². The number of amides is 1. The van der Waals surface area contributed by atoms with Crippen molar-refractivity contribution in [3.63, 3.8) is 0 Å². The summed E-state index contributed by atoms with van der Waals surface area (Å²) in [5, 5.41) is 8.90. The lowest BCUT2D eigenvalue weighted by Gasteiger charge is -2.26. The number of nitrogens with one attached hydrogen (secondary N) is 3. The van der Waals surface area contributed by atoms with Gasteiger partial charge in [0.15, 0.2) is 5.79 Å². The first-order valence-corrected chi connectivity index (χ1v) is 6.91. The summed E-state index contributed by atoms with van der Waals surface area (Å²) in [5.41, 5.74) is 0. The quantitative estimate of drug-likeness (QED) is 0.348. The molecule has 114 valence electrons. The molecule has 0 atom stereocenters. The van der Waals surface area contributed by atoms with Gasteiger partial charge in [0, 0.05) is 26.1 Å². The third kappa shape index (κ3) is 12.1. The van der Waals surface area contributed by atoms with E-state index in [1.807, 2.05) is 20.9 Å². The van der Waals surface area contributed by atoms with Gasteiger partial charge in [0.25, 0.3) is 0 Å². The standard InChI is InChI=1S/C13H29N3O3/c1-5-15-8-10-18-13(2,3)19-11-9-16-12(17)6-7-14-4/h14-15H,5-11H2,1-4H3,(H,16,17). The molecule has 0 aliphatic heterocycles. The van der Waals surface area contributed by atoms with E-state index in [1.165, 1.54) is 0 Å². The lowest BCUT2D eigenvalue weighted by atomic mass is 10.3. The summed E-state index contributed by atoms with van der Waals surface area (Å²) in [6, 6.07) is 0. The molecule has 0 heterocycles. The first-order valence-electron chi connectivity index (χ1n) is 6.91. The summed E-state index contributed by atoms with van der Waals surface area (Å²) >= 11 is 0. The highest BCUT2D eigenvalue weighted by Crippen LogP contribution is 2.09. The maximum atomic E-state index is 11.3. The molecular formula is C13H29N3O3. The highest BCUT2D eigenvalue weighted by molar-refractivity contribution is 5.75. The monoisotopic (exact) mass is 275 g/mol. The molecule has 0 aliphatic carbocycles. The van der Waals surface area contributed by atoms with Crippen LogP contribution in [0.2, 0.25) is 0 Å². The zero-order chi connectivity index (χ0) is 14.6. The second kappa shape index (κ2) is 11.2. The number of hydrogen-bond acceptors (Lipinski definition) is 5. The molecule has 0 spiro atoms. The summed E-state index contributed by atoms with van der Waals surface area (Å²) in [6.07, 6.45) is 0.485. The van der Waals surface area contributed by atoms with Crippen LogP contribution in [-0.4, -0.2) is 58.1 Å². The highest BCUT2D eigenvalue weighted by Gasteiger charge is 2.18. The smallest absolute Gasteiger partial charge is 0.221 e. The highest BCUT2D eigenvalue weighted by atomic mass is 16.7. The first kappa shape index (κ1) is 18.3. The van der Waals surface area contributed by atoms with Crippen LogP contribution in [0.5, 0.6) is 0 Å². The van der Waals surface area contributed by atoms with Crippen molar-refractivity contribution in [1.29, 1.82) is 0 Å². The maximum absolute atomic E-state index is 11.3. The lowest BCUT2D eigenvalue weighted by Crippen LogP contribution is -2.36. The van der Waals surface area contributed by atoms with Crippen molar-refractivity contribution in [3.05, 3.63) is 0 Å². The van der Waals surface area contributed by atoms with E-state index in [2.05, 4.69) is 22.9 Å². The summed E-state index contributed by atoms with van der Waals surface area (Å²) < 4.78 is 11.2. The molecule has 0 aliphatic rings. The molecule has 0 saturated heterocycles. The zero-order valence-electron chi connectivity index (χ0n) is 12.7. The second-order valence-corrected chi connectivity index (χ2v) is 4.65. The molecule has 0 aromatic carbocycles. The van der Waals surface area contributed by atoms with Crippen molar-refractivity contribution in [2.75, 3.05) is 46.4 Å². The van der Waals surface area contributed by atoms with E-state index in [4.69, 9.17) is 9.47 Å². The summed E-state index contributed by atoms with van der Waals surface area (Å²) in [4.78, 5) is 11.3. The molecule has 0 aromatic rings. The van der Waals surface area contributed by atoms with Crippen molar-refractivity contribution in [1.82, 2.24) is 16.0 Å². The van der Waals surface area contributed by atoms with E-state index in [1.54, 1.807) is 0 Å². The Hall–Kier alpha value is -0.690. The topological polar surface area (TPSA) is 71.6 Å². The van der Waals surface area contributed by atoms with Gasteiger partial charge >= 0.3 is 0 Å². The van der Waals surface area contributed by atoms with E-state index >= 15 is 0 Å². The molecule has 0 bridgehead atoms. The van der Waals surface area contributed by atoms with Gasteiger partial charge in [-0.1, -0.05) is 6.92 Å². The molecular weight excluding hydrogens is 246 g/mol. The Morgan fingerprint density at radius 2 is 1.74 bits per heavy atom. The molecule has 0 fully saturated rings. The molecule has 0 rings (SSSR count). The number of rotatable bonds is 12. The van der Waals surface area contributed by atoms with Gasteiger partial charge in [0.05, 0.1) is 13.2 Å². The fourth-order valence-corrected chi connectivity index (χ4v) is 1.40. The van der Waals surface area contributed by atoms with Gasteiger partial charge in [-0.2, -0.15) is 0 Å². The average molecular weight is 275 g/mol. The predicted molar refractivity (Wildman–Crippen MR) is 76.1 cm³/mol. The Morgan fingerprint density at radius 1 is 1.11 bits per heavy atom. The van der Waals surface area contributed by atoms with Crippen LogP contribution < -0.4 is 16.0 Å². The van der Waals surface area contributed by atoms with Crippen molar-refractivity contribution < 1.29 is 14.3 Å². The zero-order valence-corrected chi connectivity index (χ0v) is 12.7. The molecule has 1 amide bonds. The van der Waals surface area contributed by atoms with Gasteiger partial charge in [-0.15, -0.1) is 0 Å². The number of likely N-dealkylation sites (N-methyl/N-ethyl adjacent to an activating group) is 1. The Morgan fingerprint density at radius 3 is 2.32 bits per heavy atom. The molecule has 0 aromatic heterocycles. The minimum atomic E-state index is -0.620. The minimum absolute atomic E-state index is 0.0313. The Bertz CT molecular complexity index is 235. The van der Waals surface area contributed by atoms with E-state index in [-0.39, 0.29) is 5.91 Å². The van der Waals surface area contributed by atoms with Gasteiger partial charge in [-0.05, 0) is 27.4 Å². The Labute approximate surface area is 116 Å². The Kier molecular flexibility index (Phi) is 10.8. The van der Waals surface area contributed by atoms with Crippen LogP contribution in [0.4, 0.5) is 0 Å². The normalized spacial score (nSPS) is 11.6. The third-order valence-corrected chi connectivity index (χ3v) is 2.45. The summed E-state index contributed by atoms with van der Waals surface area (Å²) in [5.74, 6) is -0.589. The van der Waals surface area contributed by atoms with Gasteiger partial charge in [0.2, 0.25) is 5.91 Å². The fraction of sp³-hybridized carbons (Fsp3) is 0.923. The first-order chi connectivity index (χ1) is 9.02. The number of hydrogen-bond donors (Lipinski definition) is 3. The van der Waals surface area contributed by atoms with Crippen LogP contribution >= 0.6 is 0 Å². The van der Waals surface area contributed by atoms with Crippen molar-refractivity contribution in [2.45, 2.75) is 33.0 Å². The molecule has 0 radical (unpaired) electrons. The van der Waals surface area contributed by atoms with Crippen LogP contribution in [0.3, 0.4) is 0 Å². The second-order valence-electron chi connectivity index (χ2n) is 4.65. The SMILES string of the molecule is CCNCCOC(C)(C)OCCNC(=O)CCNC. The van der Waals surface area contributed by atoms with E-state index < -0.39 is 5.79 Å². The van der Waals surface area contributed by atoms with E-state index in [0.717, 1.165) is 13.1 Å². The van der Waals surface area contributed by atoms with Crippen molar-refractivity contribution in [2.24, 2.45) is 0 Å². The predicted octanol–water partition coefficient (Wildman–Crippen LogP) is 0.0909. The number of carbonyl (C=O) groups is 1. The summed E-state index contributed by atoms with van der Waals surface area (Å²) in [7, 11) is 1.82. The van der Waals surface area contributed by atoms with Crippen LogP contribution in [0, 0.1) is 0 Å². The molecule has 3 N–H and O–H groups in total. The maximum Gasteiger partial charge on any atom is 0.221 e. The largest absolute Gasteiger partial charge is 0.354 e. The van der Waals surface area contributed by atoms with Crippen molar-refractivity contribution >= 4 is 5.91 Å². The third-order valence-electron chi connectivity index (χ3n) is 2.45. The fourth-order valence-electron chi connectivity index (χ4n) is 1.40. The van der Waals surface area contributed by atoms with Crippen LogP contribution in [0.1, 0.15) is 27.2 Å². The molecule has 6 nitrogen and oxygen atoms in total. The van der Waals surface area contributed by atoms with Gasteiger partial charge in [-0.3, -0.25) is 4.79 Å². The number of ether oxygens (including phenoxy) is 2. The number of carbonyl (C=O) groups excluding carboxylic acids is 1. The summed E-state index contributed by atoms with van der Waals surface area (Å²) in [6.45, 7) is 9.79. The van der Waals surface area contributed by atoms with E-state index in [0.29, 0.717) is 32.7 Å². The van der Waals surface area contributed by atoms with Crippen molar-refractivity contribution in [3.8, 4) is 0 Å². The lowest BCUT2D eigenvalue weighted by molar-refractivity contribution is -0.211. The van der Waals surface area contributed by atoms with Gasteiger partial charge < -0.3 is 25.4 Å². The van der Waals surface area contributed by atoms with Crippen LogP contribution in [-0.2, 0) is 14.3 Å². The Balaban J connectivity index is 3.54. The van der Waals surface area contributed by atoms with E-state index in [9.17, 15) is 4.79 Å².